The largest absolute Gasteiger partial charge is 0.486 e. The van der Waals surface area contributed by atoms with Crippen molar-refractivity contribution in [2.24, 2.45) is 0 Å². The molecule has 4 amide bonds. The number of ether oxygens (including phenoxy) is 1. The third-order valence-corrected chi connectivity index (χ3v) is 5.82. The second-order valence-corrected chi connectivity index (χ2v) is 8.82. The third kappa shape index (κ3) is 4.44. The number of hydrogen-bond acceptors (Lipinski definition) is 4. The van der Waals surface area contributed by atoms with Crippen LogP contribution in [0, 0.1) is 5.82 Å². The minimum absolute atomic E-state index is 0.108. The summed E-state index contributed by atoms with van der Waals surface area (Å²) in [5.41, 5.74) is 1.93. The van der Waals surface area contributed by atoms with E-state index < -0.39 is 23.5 Å². The van der Waals surface area contributed by atoms with E-state index >= 15 is 0 Å². The number of carbonyl (C=O) groups excluding carboxylic acids is 2. The molecular formula is C22H24ClFN4O4. The Labute approximate surface area is 189 Å². The van der Waals surface area contributed by atoms with E-state index in [1.165, 1.54) is 11.0 Å². The van der Waals surface area contributed by atoms with Crippen LogP contribution in [0.15, 0.2) is 30.3 Å². The van der Waals surface area contributed by atoms with Crippen molar-refractivity contribution in [1.29, 1.82) is 0 Å². The average Bonchev–Trinajstić information content (AvgIpc) is 2.71. The zero-order chi connectivity index (χ0) is 23.0. The highest BCUT2D eigenvalue weighted by molar-refractivity contribution is 6.32. The molecule has 8 nitrogen and oxygen atoms in total. The highest BCUT2D eigenvalue weighted by atomic mass is 35.5. The first-order chi connectivity index (χ1) is 15.2. The number of hydrogen-bond donors (Lipinski definition) is 4. The zero-order valence-electron chi connectivity index (χ0n) is 17.7. The maximum absolute atomic E-state index is 13.9. The van der Waals surface area contributed by atoms with Crippen molar-refractivity contribution in [1.82, 2.24) is 10.2 Å². The number of halogens is 2. The number of carbonyl (C=O) groups is 2. The Morgan fingerprint density at radius 3 is 2.91 bits per heavy atom. The van der Waals surface area contributed by atoms with Gasteiger partial charge in [0.15, 0.2) is 0 Å². The van der Waals surface area contributed by atoms with Gasteiger partial charge in [0.25, 0.3) is 0 Å². The van der Waals surface area contributed by atoms with Crippen LogP contribution in [0.3, 0.4) is 0 Å². The molecule has 0 radical (unpaired) electrons. The quantitative estimate of drug-likeness (QED) is 0.545. The number of benzene rings is 2. The molecule has 2 aromatic carbocycles. The van der Waals surface area contributed by atoms with Gasteiger partial charge < -0.3 is 30.7 Å². The molecule has 2 aromatic rings. The van der Waals surface area contributed by atoms with Gasteiger partial charge in [0.2, 0.25) is 0 Å². The molecule has 0 spiro atoms. The van der Waals surface area contributed by atoms with Gasteiger partial charge in [0, 0.05) is 36.4 Å². The lowest BCUT2D eigenvalue weighted by Gasteiger charge is -2.38. The molecule has 32 heavy (non-hydrogen) atoms. The van der Waals surface area contributed by atoms with Crippen LogP contribution < -0.4 is 20.7 Å². The highest BCUT2D eigenvalue weighted by Gasteiger charge is 2.36. The number of nitrogens with one attached hydrogen (secondary N) is 3. The van der Waals surface area contributed by atoms with Crippen molar-refractivity contribution in [2.45, 2.75) is 38.5 Å². The summed E-state index contributed by atoms with van der Waals surface area (Å²) in [4.78, 5) is 26.4. The van der Waals surface area contributed by atoms with E-state index in [0.29, 0.717) is 29.9 Å². The first-order valence-electron chi connectivity index (χ1n) is 10.2. The van der Waals surface area contributed by atoms with E-state index in [0.717, 1.165) is 5.56 Å². The van der Waals surface area contributed by atoms with E-state index in [1.54, 1.807) is 18.2 Å². The third-order valence-electron chi connectivity index (χ3n) is 5.46. The van der Waals surface area contributed by atoms with Crippen LogP contribution in [0.2, 0.25) is 5.02 Å². The van der Waals surface area contributed by atoms with Gasteiger partial charge in [0.1, 0.15) is 22.2 Å². The van der Waals surface area contributed by atoms with Crippen molar-refractivity contribution in [3.05, 3.63) is 52.3 Å². The predicted molar refractivity (Wildman–Crippen MR) is 119 cm³/mol. The second-order valence-electron chi connectivity index (χ2n) is 8.44. The van der Waals surface area contributed by atoms with Crippen molar-refractivity contribution >= 4 is 35.0 Å². The Morgan fingerprint density at radius 2 is 2.16 bits per heavy atom. The van der Waals surface area contributed by atoms with Gasteiger partial charge in [-0.25, -0.2) is 14.0 Å². The number of aliphatic hydroxyl groups is 1. The monoisotopic (exact) mass is 462 g/mol. The molecule has 0 aromatic heterocycles. The van der Waals surface area contributed by atoms with Gasteiger partial charge in [-0.05, 0) is 37.6 Å². The fraction of sp³-hybridized carbons (Fsp3) is 0.364. The first-order valence-corrected chi connectivity index (χ1v) is 10.6. The summed E-state index contributed by atoms with van der Waals surface area (Å²) < 4.78 is 19.8. The van der Waals surface area contributed by atoms with Crippen LogP contribution in [0.25, 0.3) is 0 Å². The van der Waals surface area contributed by atoms with Crippen LogP contribution in [-0.4, -0.2) is 40.8 Å². The minimum Gasteiger partial charge on any atom is -0.486 e. The summed E-state index contributed by atoms with van der Waals surface area (Å²) in [5.74, 6) is -0.350. The summed E-state index contributed by atoms with van der Waals surface area (Å²) in [7, 11) is 0. The molecule has 0 aliphatic carbocycles. The maximum atomic E-state index is 13.9. The fourth-order valence-electron chi connectivity index (χ4n) is 3.98. The molecule has 0 bridgehead atoms. The van der Waals surface area contributed by atoms with E-state index in [-0.39, 0.29) is 30.0 Å². The molecule has 0 fully saturated rings. The smallest absolute Gasteiger partial charge is 0.322 e. The van der Waals surface area contributed by atoms with E-state index in [2.05, 4.69) is 16.0 Å². The van der Waals surface area contributed by atoms with Crippen LogP contribution >= 0.6 is 11.6 Å². The molecule has 2 heterocycles. The lowest BCUT2D eigenvalue weighted by Crippen LogP contribution is -2.42. The highest BCUT2D eigenvalue weighted by Crippen LogP contribution is 2.44. The summed E-state index contributed by atoms with van der Waals surface area (Å²) in [6, 6.07) is 6.84. The Hall–Kier alpha value is -3.04. The Bertz CT molecular complexity index is 1080. The predicted octanol–water partition coefficient (Wildman–Crippen LogP) is 4.24. The molecule has 4 N–H and O–H groups in total. The van der Waals surface area contributed by atoms with E-state index in [1.807, 2.05) is 19.9 Å². The number of β-amino-alcohol motifs (C(OH)–C–C–N with tert-alkyl or cyclic N) is 1. The van der Waals surface area contributed by atoms with Crippen LogP contribution in [0.4, 0.5) is 25.4 Å². The summed E-state index contributed by atoms with van der Waals surface area (Å²) >= 11 is 6.10. The topological polar surface area (TPSA) is 103 Å². The van der Waals surface area contributed by atoms with Gasteiger partial charge in [-0.2, -0.15) is 0 Å². The SMILES string of the molecule is CC1(C)C[C@@H](NC(=O)Nc2ccc3c(c2)NC(=O)N(CCO)C3)c2ccc(F)c(Cl)c2O1. The summed E-state index contributed by atoms with van der Waals surface area (Å²) in [5, 5.41) is 17.4. The number of urea groups is 2. The average molecular weight is 463 g/mol. The molecule has 0 saturated heterocycles. The Morgan fingerprint density at radius 1 is 1.38 bits per heavy atom. The van der Waals surface area contributed by atoms with Gasteiger partial charge in [-0.1, -0.05) is 23.7 Å². The van der Waals surface area contributed by atoms with Crippen LogP contribution in [0.5, 0.6) is 5.75 Å². The summed E-state index contributed by atoms with van der Waals surface area (Å²) in [6.07, 6.45) is 0.469. The zero-order valence-corrected chi connectivity index (χ0v) is 18.4. The normalized spacial score (nSPS) is 18.7. The van der Waals surface area contributed by atoms with E-state index in [9.17, 15) is 14.0 Å². The lowest BCUT2D eigenvalue weighted by atomic mass is 9.89. The van der Waals surface area contributed by atoms with Crippen molar-refractivity contribution < 1.29 is 23.8 Å². The molecule has 1 atom stereocenters. The van der Waals surface area contributed by atoms with Crippen LogP contribution in [0.1, 0.15) is 37.4 Å². The number of amides is 4. The number of anilines is 2. The van der Waals surface area contributed by atoms with Crippen molar-refractivity contribution in [2.75, 3.05) is 23.8 Å². The number of fused-ring (bicyclic) bond motifs is 2. The molecule has 170 valence electrons. The maximum Gasteiger partial charge on any atom is 0.322 e. The second kappa shape index (κ2) is 8.48. The number of nitrogens with zero attached hydrogens (tertiary/aromatic N) is 1. The first kappa shape index (κ1) is 22.2. The molecule has 0 saturated carbocycles. The van der Waals surface area contributed by atoms with Crippen LogP contribution in [-0.2, 0) is 6.54 Å². The molecular weight excluding hydrogens is 439 g/mol. The number of rotatable bonds is 4. The minimum atomic E-state index is -0.654. The fourth-order valence-corrected chi connectivity index (χ4v) is 4.19. The lowest BCUT2D eigenvalue weighted by molar-refractivity contribution is 0.0679. The van der Waals surface area contributed by atoms with Gasteiger partial charge in [-0.3, -0.25) is 0 Å². The standard InChI is InChI=1S/C22H24ClFN4O4/c1-22(2)10-17(14-5-6-15(24)18(23)19(14)32-22)26-20(30)25-13-4-3-12-11-28(7-8-29)21(31)27-16(12)9-13/h3-6,9,17,29H,7-8,10-11H2,1-2H3,(H,27,31)(H2,25,26,30)/t17-/m1/s1. The Kier molecular flexibility index (Phi) is 5.87. The van der Waals surface area contributed by atoms with Gasteiger partial charge in [-0.15, -0.1) is 0 Å². The molecule has 0 unspecified atom stereocenters. The Balaban J connectivity index is 1.49. The van der Waals surface area contributed by atoms with Gasteiger partial charge >= 0.3 is 12.1 Å². The molecule has 2 aliphatic rings. The number of aliphatic hydroxyl groups excluding tert-OH is 1. The summed E-state index contributed by atoms with van der Waals surface area (Å²) in [6.45, 7) is 4.18. The van der Waals surface area contributed by atoms with Crippen molar-refractivity contribution in [3.63, 3.8) is 0 Å². The molecule has 10 heteroatoms. The molecule has 2 aliphatic heterocycles. The molecule has 4 rings (SSSR count). The van der Waals surface area contributed by atoms with Crippen molar-refractivity contribution in [3.8, 4) is 5.75 Å². The van der Waals surface area contributed by atoms with Gasteiger partial charge in [0.05, 0.1) is 12.6 Å². The van der Waals surface area contributed by atoms with E-state index in [4.69, 9.17) is 21.4 Å².